The number of rotatable bonds is 5. The Morgan fingerprint density at radius 3 is 2.61 bits per heavy atom. The van der Waals surface area contributed by atoms with E-state index in [9.17, 15) is 14.0 Å². The van der Waals surface area contributed by atoms with Gasteiger partial charge in [-0.2, -0.15) is 0 Å². The van der Waals surface area contributed by atoms with E-state index in [0.717, 1.165) is 0 Å². The van der Waals surface area contributed by atoms with Gasteiger partial charge in [0.25, 0.3) is 5.91 Å². The number of ether oxygens (including phenoxy) is 1. The van der Waals surface area contributed by atoms with Gasteiger partial charge in [0.1, 0.15) is 17.7 Å². The number of hydrogen-bond donors (Lipinski definition) is 1. The van der Waals surface area contributed by atoms with E-state index in [4.69, 9.17) is 16.3 Å². The molecular weight excluding hydrogens is 383 g/mol. The molecule has 1 fully saturated rings. The van der Waals surface area contributed by atoms with Crippen molar-refractivity contribution in [3.8, 4) is 5.75 Å². The summed E-state index contributed by atoms with van der Waals surface area (Å²) in [5.41, 5.74) is 0.704. The molecule has 1 saturated heterocycles. The standard InChI is InChI=1S/C21H22ClFN2O3/c1-14(26)25-10-8-17(9-11-25)28-20-7-6-16(22)12-18(20)21(27)24-13-15-4-2-3-5-19(15)23/h2-7,12,17H,8-11,13H2,1H3,(H,24,27). The summed E-state index contributed by atoms with van der Waals surface area (Å²) in [7, 11) is 0. The van der Waals surface area contributed by atoms with Crippen LogP contribution in [0, 0.1) is 5.82 Å². The lowest BCUT2D eigenvalue weighted by atomic mass is 10.1. The minimum Gasteiger partial charge on any atom is -0.489 e. The summed E-state index contributed by atoms with van der Waals surface area (Å²) < 4.78 is 19.8. The molecule has 1 heterocycles. The van der Waals surface area contributed by atoms with Crippen LogP contribution in [0.25, 0.3) is 0 Å². The average molecular weight is 405 g/mol. The maximum absolute atomic E-state index is 13.8. The molecule has 0 spiro atoms. The summed E-state index contributed by atoms with van der Waals surface area (Å²) in [6.45, 7) is 2.87. The van der Waals surface area contributed by atoms with Crippen molar-refractivity contribution in [1.82, 2.24) is 10.2 Å². The van der Waals surface area contributed by atoms with Crippen LogP contribution in [-0.2, 0) is 11.3 Å². The van der Waals surface area contributed by atoms with Crippen LogP contribution >= 0.6 is 11.6 Å². The molecule has 1 N–H and O–H groups in total. The van der Waals surface area contributed by atoms with Crippen molar-refractivity contribution in [3.63, 3.8) is 0 Å². The van der Waals surface area contributed by atoms with Gasteiger partial charge in [-0.1, -0.05) is 29.8 Å². The van der Waals surface area contributed by atoms with Crippen molar-refractivity contribution < 1.29 is 18.7 Å². The van der Waals surface area contributed by atoms with Crippen molar-refractivity contribution in [2.24, 2.45) is 0 Å². The Balaban J connectivity index is 1.67. The summed E-state index contributed by atoms with van der Waals surface area (Å²) >= 11 is 6.06. The second-order valence-electron chi connectivity index (χ2n) is 6.74. The Hall–Kier alpha value is -2.60. The first-order valence-corrected chi connectivity index (χ1v) is 9.55. The first-order chi connectivity index (χ1) is 13.4. The highest BCUT2D eigenvalue weighted by Crippen LogP contribution is 2.26. The van der Waals surface area contributed by atoms with E-state index in [1.807, 2.05) is 0 Å². The van der Waals surface area contributed by atoms with Gasteiger partial charge < -0.3 is 15.0 Å². The Morgan fingerprint density at radius 1 is 1.21 bits per heavy atom. The Labute approximate surface area is 168 Å². The molecule has 2 amide bonds. The maximum atomic E-state index is 13.8. The highest BCUT2D eigenvalue weighted by Gasteiger charge is 2.24. The lowest BCUT2D eigenvalue weighted by Gasteiger charge is -2.31. The van der Waals surface area contributed by atoms with Crippen LogP contribution in [0.2, 0.25) is 5.02 Å². The van der Waals surface area contributed by atoms with Crippen molar-refractivity contribution in [2.75, 3.05) is 13.1 Å². The molecule has 7 heteroatoms. The van der Waals surface area contributed by atoms with Gasteiger partial charge >= 0.3 is 0 Å². The summed E-state index contributed by atoms with van der Waals surface area (Å²) in [6, 6.07) is 11.1. The quantitative estimate of drug-likeness (QED) is 0.824. The van der Waals surface area contributed by atoms with Crippen molar-refractivity contribution in [2.45, 2.75) is 32.4 Å². The molecular formula is C21H22ClFN2O3. The average Bonchev–Trinajstić information content (AvgIpc) is 2.69. The minimum absolute atomic E-state index is 0.0538. The molecule has 0 saturated carbocycles. The lowest BCUT2D eigenvalue weighted by Crippen LogP contribution is -2.40. The predicted octanol–water partition coefficient (Wildman–Crippen LogP) is 3.80. The fourth-order valence-corrected chi connectivity index (χ4v) is 3.34. The zero-order valence-electron chi connectivity index (χ0n) is 15.6. The van der Waals surface area contributed by atoms with Gasteiger partial charge in [-0.05, 0) is 24.3 Å². The molecule has 1 aliphatic heterocycles. The van der Waals surface area contributed by atoms with E-state index in [-0.39, 0.29) is 30.3 Å². The molecule has 2 aromatic rings. The molecule has 1 aliphatic rings. The molecule has 0 aromatic heterocycles. The molecule has 0 aliphatic carbocycles. The first-order valence-electron chi connectivity index (χ1n) is 9.17. The Bertz CT molecular complexity index is 866. The van der Waals surface area contributed by atoms with E-state index in [1.54, 1.807) is 42.2 Å². The van der Waals surface area contributed by atoms with Gasteiger partial charge in [0.15, 0.2) is 0 Å². The highest BCUT2D eigenvalue weighted by atomic mass is 35.5. The van der Waals surface area contributed by atoms with Crippen LogP contribution < -0.4 is 10.1 Å². The zero-order valence-corrected chi connectivity index (χ0v) is 16.3. The van der Waals surface area contributed by atoms with Gasteiger partial charge in [0.2, 0.25) is 5.91 Å². The van der Waals surface area contributed by atoms with Crippen LogP contribution in [0.15, 0.2) is 42.5 Å². The predicted molar refractivity (Wildman–Crippen MR) is 105 cm³/mol. The normalized spacial score (nSPS) is 14.6. The van der Waals surface area contributed by atoms with Gasteiger partial charge in [0, 0.05) is 50.0 Å². The first kappa shape index (κ1) is 20.1. The maximum Gasteiger partial charge on any atom is 0.255 e. The zero-order chi connectivity index (χ0) is 20.1. The Morgan fingerprint density at radius 2 is 1.93 bits per heavy atom. The molecule has 3 rings (SSSR count). The van der Waals surface area contributed by atoms with E-state index in [1.165, 1.54) is 12.1 Å². The third-order valence-electron chi connectivity index (χ3n) is 4.76. The van der Waals surface area contributed by atoms with Gasteiger partial charge in [-0.3, -0.25) is 9.59 Å². The van der Waals surface area contributed by atoms with Crippen LogP contribution in [0.4, 0.5) is 4.39 Å². The van der Waals surface area contributed by atoms with Crippen LogP contribution in [0.5, 0.6) is 5.75 Å². The van der Waals surface area contributed by atoms with E-state index in [0.29, 0.717) is 47.8 Å². The van der Waals surface area contributed by atoms with Crippen molar-refractivity contribution in [3.05, 3.63) is 64.4 Å². The number of hydrogen-bond acceptors (Lipinski definition) is 3. The molecule has 0 radical (unpaired) electrons. The lowest BCUT2D eigenvalue weighted by molar-refractivity contribution is -0.130. The smallest absolute Gasteiger partial charge is 0.255 e. The molecule has 0 bridgehead atoms. The number of amides is 2. The van der Waals surface area contributed by atoms with Crippen molar-refractivity contribution in [1.29, 1.82) is 0 Å². The Kier molecular flexibility index (Phi) is 6.52. The largest absolute Gasteiger partial charge is 0.489 e. The van der Waals surface area contributed by atoms with Crippen molar-refractivity contribution >= 4 is 23.4 Å². The third kappa shape index (κ3) is 5.01. The van der Waals surface area contributed by atoms with Gasteiger partial charge in [-0.25, -0.2) is 4.39 Å². The second-order valence-corrected chi connectivity index (χ2v) is 7.17. The van der Waals surface area contributed by atoms with Crippen LogP contribution in [-0.4, -0.2) is 35.9 Å². The van der Waals surface area contributed by atoms with E-state index < -0.39 is 0 Å². The number of nitrogens with zero attached hydrogens (tertiary/aromatic N) is 1. The number of halogens is 2. The summed E-state index contributed by atoms with van der Waals surface area (Å²) in [4.78, 5) is 25.9. The minimum atomic E-state index is -0.387. The second kappa shape index (κ2) is 9.06. The van der Waals surface area contributed by atoms with Crippen LogP contribution in [0.1, 0.15) is 35.7 Å². The van der Waals surface area contributed by atoms with Gasteiger partial charge in [-0.15, -0.1) is 0 Å². The van der Waals surface area contributed by atoms with E-state index >= 15 is 0 Å². The fourth-order valence-electron chi connectivity index (χ4n) is 3.16. The molecule has 28 heavy (non-hydrogen) atoms. The molecule has 148 valence electrons. The molecule has 0 atom stereocenters. The SMILES string of the molecule is CC(=O)N1CCC(Oc2ccc(Cl)cc2C(=O)NCc2ccccc2F)CC1. The number of carbonyl (C=O) groups is 2. The highest BCUT2D eigenvalue weighted by molar-refractivity contribution is 6.31. The fraction of sp³-hybridized carbons (Fsp3) is 0.333. The van der Waals surface area contributed by atoms with E-state index in [2.05, 4.69) is 5.32 Å². The number of carbonyl (C=O) groups excluding carboxylic acids is 2. The van der Waals surface area contributed by atoms with Gasteiger partial charge in [0.05, 0.1) is 5.56 Å². The summed E-state index contributed by atoms with van der Waals surface area (Å²) in [5.74, 6) is -0.278. The van der Waals surface area contributed by atoms with Crippen LogP contribution in [0.3, 0.4) is 0 Å². The molecule has 2 aromatic carbocycles. The molecule has 0 unspecified atom stereocenters. The number of piperidine rings is 1. The third-order valence-corrected chi connectivity index (χ3v) is 5.00. The number of likely N-dealkylation sites (tertiary alicyclic amines) is 1. The number of nitrogens with one attached hydrogen (secondary N) is 1. The number of benzene rings is 2. The molecule has 5 nitrogen and oxygen atoms in total. The summed E-state index contributed by atoms with van der Waals surface area (Å²) in [5, 5.41) is 3.12. The summed E-state index contributed by atoms with van der Waals surface area (Å²) in [6.07, 6.45) is 1.30. The monoisotopic (exact) mass is 404 g/mol. The topological polar surface area (TPSA) is 58.6 Å².